The summed E-state index contributed by atoms with van der Waals surface area (Å²) in [7, 11) is 2.97. The molecule has 0 heterocycles. The number of rotatable bonds is 9. The Hall–Kier alpha value is -3.10. The van der Waals surface area contributed by atoms with Crippen molar-refractivity contribution >= 4 is 5.96 Å². The zero-order valence-corrected chi connectivity index (χ0v) is 16.4. The summed E-state index contributed by atoms with van der Waals surface area (Å²) in [5.41, 5.74) is 0.694. The normalized spacial score (nSPS) is 12.4. The third-order valence-corrected chi connectivity index (χ3v) is 3.85. The van der Waals surface area contributed by atoms with Gasteiger partial charge in [-0.3, -0.25) is 4.99 Å². The predicted molar refractivity (Wildman–Crippen MR) is 104 cm³/mol. The number of hydrogen-bond acceptors (Lipinski definition) is 4. The lowest BCUT2D eigenvalue weighted by molar-refractivity contribution is -0.0512. The highest BCUT2D eigenvalue weighted by Gasteiger charge is 2.12. The zero-order valence-electron chi connectivity index (χ0n) is 16.4. The molecule has 9 heteroatoms. The SMILES string of the molecule is CN=C(NCc1ccc(OC)c(OC(F)F)c1)NCC(C)Oc1ccccc1F. The summed E-state index contributed by atoms with van der Waals surface area (Å²) in [6.45, 7) is -0.468. The van der Waals surface area contributed by atoms with E-state index in [4.69, 9.17) is 9.47 Å². The van der Waals surface area contributed by atoms with Gasteiger partial charge in [-0.25, -0.2) is 4.39 Å². The Labute approximate surface area is 167 Å². The van der Waals surface area contributed by atoms with Gasteiger partial charge in [-0.1, -0.05) is 18.2 Å². The lowest BCUT2D eigenvalue weighted by atomic mass is 10.2. The van der Waals surface area contributed by atoms with E-state index in [-0.39, 0.29) is 23.4 Å². The highest BCUT2D eigenvalue weighted by atomic mass is 19.3. The van der Waals surface area contributed by atoms with E-state index in [1.54, 1.807) is 44.3 Å². The van der Waals surface area contributed by atoms with Gasteiger partial charge < -0.3 is 24.8 Å². The molecule has 29 heavy (non-hydrogen) atoms. The van der Waals surface area contributed by atoms with E-state index in [0.717, 1.165) is 0 Å². The molecule has 1 atom stereocenters. The molecule has 0 aliphatic heterocycles. The molecule has 0 spiro atoms. The number of para-hydroxylation sites is 1. The van der Waals surface area contributed by atoms with Crippen molar-refractivity contribution in [1.29, 1.82) is 0 Å². The van der Waals surface area contributed by atoms with Crippen LogP contribution < -0.4 is 24.8 Å². The van der Waals surface area contributed by atoms with Gasteiger partial charge in [0.25, 0.3) is 0 Å². The van der Waals surface area contributed by atoms with Gasteiger partial charge in [0.05, 0.1) is 13.7 Å². The minimum absolute atomic E-state index is 0.0448. The van der Waals surface area contributed by atoms with Crippen molar-refractivity contribution < 1.29 is 27.4 Å². The Morgan fingerprint density at radius 2 is 1.79 bits per heavy atom. The molecule has 0 saturated heterocycles. The molecule has 0 saturated carbocycles. The lowest BCUT2D eigenvalue weighted by Gasteiger charge is -2.18. The second kappa shape index (κ2) is 11.0. The lowest BCUT2D eigenvalue weighted by Crippen LogP contribution is -2.41. The Balaban J connectivity index is 1.88. The van der Waals surface area contributed by atoms with Crippen LogP contribution in [0.25, 0.3) is 0 Å². The first-order chi connectivity index (χ1) is 13.9. The number of alkyl halides is 2. The minimum Gasteiger partial charge on any atom is -0.493 e. The second-order valence-electron chi connectivity index (χ2n) is 6.03. The van der Waals surface area contributed by atoms with E-state index in [1.807, 2.05) is 0 Å². The molecular weight excluding hydrogens is 387 g/mol. The quantitative estimate of drug-likeness (QED) is 0.488. The van der Waals surface area contributed by atoms with E-state index in [9.17, 15) is 13.2 Å². The molecule has 0 aliphatic carbocycles. The van der Waals surface area contributed by atoms with Gasteiger partial charge in [-0.2, -0.15) is 8.78 Å². The van der Waals surface area contributed by atoms with Gasteiger partial charge in [0.1, 0.15) is 6.10 Å². The first-order valence-corrected chi connectivity index (χ1v) is 8.90. The maximum absolute atomic E-state index is 13.6. The number of hydrogen-bond donors (Lipinski definition) is 2. The van der Waals surface area contributed by atoms with Gasteiger partial charge in [0, 0.05) is 13.6 Å². The van der Waals surface area contributed by atoms with Crippen molar-refractivity contribution in [2.45, 2.75) is 26.2 Å². The number of methoxy groups -OCH3 is 1. The minimum atomic E-state index is -2.95. The van der Waals surface area contributed by atoms with Crippen molar-refractivity contribution in [2.24, 2.45) is 4.99 Å². The average Bonchev–Trinajstić information content (AvgIpc) is 2.69. The van der Waals surface area contributed by atoms with Gasteiger partial charge in [0.15, 0.2) is 29.0 Å². The van der Waals surface area contributed by atoms with E-state index in [1.165, 1.54) is 19.2 Å². The molecule has 2 rings (SSSR count). The van der Waals surface area contributed by atoms with Crippen LogP contribution >= 0.6 is 0 Å². The maximum Gasteiger partial charge on any atom is 0.387 e. The highest BCUT2D eigenvalue weighted by Crippen LogP contribution is 2.29. The second-order valence-corrected chi connectivity index (χ2v) is 6.03. The van der Waals surface area contributed by atoms with Gasteiger partial charge >= 0.3 is 6.61 Å². The van der Waals surface area contributed by atoms with Gasteiger partial charge in [-0.05, 0) is 36.8 Å². The molecule has 0 amide bonds. The number of nitrogens with zero attached hydrogens (tertiary/aromatic N) is 1. The molecule has 0 aromatic heterocycles. The molecule has 158 valence electrons. The van der Waals surface area contributed by atoms with Crippen LogP contribution in [0.5, 0.6) is 17.2 Å². The summed E-state index contributed by atoms with van der Waals surface area (Å²) in [6, 6.07) is 10.9. The van der Waals surface area contributed by atoms with Crippen molar-refractivity contribution in [1.82, 2.24) is 10.6 Å². The molecular formula is C20H24F3N3O3. The largest absolute Gasteiger partial charge is 0.493 e. The molecule has 0 bridgehead atoms. The van der Waals surface area contributed by atoms with Crippen LogP contribution in [0.1, 0.15) is 12.5 Å². The van der Waals surface area contributed by atoms with Crippen LogP contribution in [-0.4, -0.2) is 39.4 Å². The van der Waals surface area contributed by atoms with Crippen LogP contribution in [-0.2, 0) is 6.54 Å². The number of guanidine groups is 1. The standard InChI is InChI=1S/C20H24F3N3O3/c1-13(28-16-7-5-4-6-15(16)21)11-25-20(24-2)26-12-14-8-9-17(27-3)18(10-14)29-19(22)23/h4-10,13,19H,11-12H2,1-3H3,(H2,24,25,26). The average molecular weight is 411 g/mol. The van der Waals surface area contributed by atoms with Crippen LogP contribution in [0.4, 0.5) is 13.2 Å². The van der Waals surface area contributed by atoms with E-state index in [2.05, 4.69) is 20.4 Å². The molecule has 2 aromatic carbocycles. The van der Waals surface area contributed by atoms with Crippen LogP contribution in [0, 0.1) is 5.82 Å². The van der Waals surface area contributed by atoms with Crippen molar-refractivity contribution in [3.8, 4) is 17.2 Å². The predicted octanol–water partition coefficient (Wildman–Crippen LogP) is 3.57. The smallest absolute Gasteiger partial charge is 0.387 e. The summed E-state index contributed by atoms with van der Waals surface area (Å²) in [5, 5.41) is 6.12. The number of ether oxygens (including phenoxy) is 3. The van der Waals surface area contributed by atoms with E-state index in [0.29, 0.717) is 24.6 Å². The van der Waals surface area contributed by atoms with Crippen molar-refractivity contribution in [2.75, 3.05) is 20.7 Å². The Bertz CT molecular complexity index is 819. The van der Waals surface area contributed by atoms with Crippen LogP contribution in [0.2, 0.25) is 0 Å². The van der Waals surface area contributed by atoms with E-state index >= 15 is 0 Å². The number of aliphatic imine (C=N–C) groups is 1. The Kier molecular flexibility index (Phi) is 8.45. The molecule has 1 unspecified atom stereocenters. The summed E-state index contributed by atoms with van der Waals surface area (Å²) >= 11 is 0. The van der Waals surface area contributed by atoms with Gasteiger partial charge in [0.2, 0.25) is 0 Å². The van der Waals surface area contributed by atoms with E-state index < -0.39 is 12.4 Å². The Morgan fingerprint density at radius 1 is 1.03 bits per heavy atom. The van der Waals surface area contributed by atoms with Crippen LogP contribution in [0.15, 0.2) is 47.5 Å². The number of halogens is 3. The molecule has 6 nitrogen and oxygen atoms in total. The summed E-state index contributed by atoms with van der Waals surface area (Å²) in [4.78, 5) is 4.09. The molecule has 0 fully saturated rings. The topological polar surface area (TPSA) is 64.1 Å². The highest BCUT2D eigenvalue weighted by molar-refractivity contribution is 5.79. The Morgan fingerprint density at radius 3 is 2.45 bits per heavy atom. The summed E-state index contributed by atoms with van der Waals surface area (Å²) < 4.78 is 53.8. The van der Waals surface area contributed by atoms with Gasteiger partial charge in [-0.15, -0.1) is 0 Å². The number of nitrogens with one attached hydrogen (secondary N) is 2. The van der Waals surface area contributed by atoms with Crippen molar-refractivity contribution in [3.63, 3.8) is 0 Å². The first kappa shape index (κ1) is 22.2. The fourth-order valence-corrected chi connectivity index (χ4v) is 2.46. The molecule has 0 aliphatic rings. The monoisotopic (exact) mass is 411 g/mol. The van der Waals surface area contributed by atoms with Crippen molar-refractivity contribution in [3.05, 3.63) is 53.8 Å². The maximum atomic E-state index is 13.6. The fraction of sp³-hybridized carbons (Fsp3) is 0.350. The summed E-state index contributed by atoms with van der Waals surface area (Å²) in [5.74, 6) is 0.395. The molecule has 2 N–H and O–H groups in total. The number of benzene rings is 2. The third kappa shape index (κ3) is 7.10. The zero-order chi connectivity index (χ0) is 21.2. The summed E-state index contributed by atoms with van der Waals surface area (Å²) in [6.07, 6.45) is -0.322. The third-order valence-electron chi connectivity index (χ3n) is 3.85. The molecule has 0 radical (unpaired) electrons. The van der Waals surface area contributed by atoms with Crippen LogP contribution in [0.3, 0.4) is 0 Å². The fourth-order valence-electron chi connectivity index (χ4n) is 2.46. The molecule has 2 aromatic rings. The first-order valence-electron chi connectivity index (χ1n) is 8.90.